The number of hydrogen-bond donors (Lipinski definition) is 2. The van der Waals surface area contributed by atoms with Crippen LogP contribution < -0.4 is 10.6 Å². The van der Waals surface area contributed by atoms with E-state index in [1.54, 1.807) is 0 Å². The number of amides is 1. The Kier molecular flexibility index (Phi) is 11.6. The molecule has 0 aromatic heterocycles. The predicted molar refractivity (Wildman–Crippen MR) is 130 cm³/mol. The minimum absolute atomic E-state index is 0. The van der Waals surface area contributed by atoms with E-state index in [4.69, 9.17) is 9.73 Å². The maximum atomic E-state index is 11.7. The lowest BCUT2D eigenvalue weighted by Gasteiger charge is -2.19. The molecule has 7 heteroatoms. The second kappa shape index (κ2) is 13.1. The van der Waals surface area contributed by atoms with Gasteiger partial charge in [-0.15, -0.1) is 24.0 Å². The van der Waals surface area contributed by atoms with Gasteiger partial charge in [-0.3, -0.25) is 4.79 Å². The zero-order valence-electron chi connectivity index (χ0n) is 18.3. The largest absolute Gasteiger partial charge is 0.371 e. The molecule has 2 rings (SSSR count). The van der Waals surface area contributed by atoms with Gasteiger partial charge >= 0.3 is 0 Å². The molecule has 0 radical (unpaired) electrons. The summed E-state index contributed by atoms with van der Waals surface area (Å²) in [5.74, 6) is 1.10. The zero-order chi connectivity index (χ0) is 20.4. The summed E-state index contributed by atoms with van der Waals surface area (Å²) in [4.78, 5) is 18.3. The third-order valence-corrected chi connectivity index (χ3v) is 4.50. The molecular formula is C22H37IN4O2. The fraction of sp³-hybridized carbons (Fsp3) is 0.636. The van der Waals surface area contributed by atoms with Crippen LogP contribution in [0.3, 0.4) is 0 Å². The number of guanidine groups is 1. The molecule has 0 unspecified atom stereocenters. The van der Waals surface area contributed by atoms with Gasteiger partial charge in [-0.25, -0.2) is 4.99 Å². The van der Waals surface area contributed by atoms with Crippen molar-refractivity contribution in [2.24, 2.45) is 4.99 Å². The SMILES string of the molecule is CCNC(=NCc1cccc(COC(C)(C)C)c1)NCCCN1CCCC1=O.I. The van der Waals surface area contributed by atoms with Crippen molar-refractivity contribution >= 4 is 35.8 Å². The van der Waals surface area contributed by atoms with Crippen molar-refractivity contribution in [2.45, 2.75) is 65.7 Å². The Hall–Kier alpha value is -1.35. The molecule has 1 fully saturated rings. The third kappa shape index (κ3) is 10.3. The number of ether oxygens (including phenoxy) is 1. The first kappa shape index (κ1) is 25.7. The van der Waals surface area contributed by atoms with E-state index in [0.29, 0.717) is 19.6 Å². The van der Waals surface area contributed by atoms with E-state index in [9.17, 15) is 4.79 Å². The number of carbonyl (C=O) groups is 1. The molecule has 1 aliphatic rings. The molecule has 0 bridgehead atoms. The van der Waals surface area contributed by atoms with Crippen LogP contribution in [-0.2, 0) is 22.7 Å². The third-order valence-electron chi connectivity index (χ3n) is 4.50. The predicted octanol–water partition coefficient (Wildman–Crippen LogP) is 3.69. The molecule has 0 atom stereocenters. The highest BCUT2D eigenvalue weighted by molar-refractivity contribution is 14.0. The van der Waals surface area contributed by atoms with Gasteiger partial charge in [0.1, 0.15) is 0 Å². The lowest BCUT2D eigenvalue weighted by molar-refractivity contribution is -0.127. The molecular weight excluding hydrogens is 479 g/mol. The monoisotopic (exact) mass is 516 g/mol. The lowest BCUT2D eigenvalue weighted by Crippen LogP contribution is -2.39. The standard InChI is InChI=1S/C22H36N4O2.HI/c1-5-23-21(24-12-8-14-26-13-7-11-20(26)27)25-16-18-9-6-10-19(15-18)17-28-22(2,3)4;/h6,9-10,15H,5,7-8,11-14,16-17H2,1-4H3,(H2,23,24,25);1H. The Balaban J connectivity index is 0.00000420. The number of carbonyl (C=O) groups excluding carboxylic acids is 1. The topological polar surface area (TPSA) is 66.0 Å². The Morgan fingerprint density at radius 2 is 2.00 bits per heavy atom. The van der Waals surface area contributed by atoms with E-state index in [2.05, 4.69) is 62.6 Å². The van der Waals surface area contributed by atoms with E-state index in [1.807, 2.05) is 4.90 Å². The van der Waals surface area contributed by atoms with Crippen LogP contribution in [0.5, 0.6) is 0 Å². The summed E-state index contributed by atoms with van der Waals surface area (Å²) in [5, 5.41) is 6.65. The molecule has 6 nitrogen and oxygen atoms in total. The number of hydrogen-bond acceptors (Lipinski definition) is 3. The number of nitrogens with zero attached hydrogens (tertiary/aromatic N) is 2. The highest BCUT2D eigenvalue weighted by Gasteiger charge is 2.18. The molecule has 2 N–H and O–H groups in total. The van der Waals surface area contributed by atoms with E-state index in [1.165, 1.54) is 0 Å². The molecule has 0 spiro atoms. The van der Waals surface area contributed by atoms with Gasteiger partial charge in [-0.1, -0.05) is 24.3 Å². The van der Waals surface area contributed by atoms with E-state index in [-0.39, 0.29) is 35.5 Å². The van der Waals surface area contributed by atoms with E-state index < -0.39 is 0 Å². The highest BCUT2D eigenvalue weighted by Crippen LogP contribution is 2.13. The number of likely N-dealkylation sites (tertiary alicyclic amines) is 1. The first-order valence-corrected chi connectivity index (χ1v) is 10.4. The number of halogens is 1. The molecule has 164 valence electrons. The smallest absolute Gasteiger partial charge is 0.222 e. The van der Waals surface area contributed by atoms with Crippen LogP contribution in [0, 0.1) is 0 Å². The second-order valence-electron chi connectivity index (χ2n) is 8.18. The minimum atomic E-state index is -0.143. The average molecular weight is 516 g/mol. The second-order valence-corrected chi connectivity index (χ2v) is 8.18. The van der Waals surface area contributed by atoms with Gasteiger partial charge in [0.05, 0.1) is 18.8 Å². The van der Waals surface area contributed by atoms with Crippen molar-refractivity contribution in [3.63, 3.8) is 0 Å². The lowest BCUT2D eigenvalue weighted by atomic mass is 10.1. The maximum absolute atomic E-state index is 11.7. The molecule has 1 aliphatic heterocycles. The Morgan fingerprint density at radius 3 is 2.66 bits per heavy atom. The molecule has 1 aromatic carbocycles. The number of aliphatic imine (C=N–C) groups is 1. The summed E-state index contributed by atoms with van der Waals surface area (Å²) in [6, 6.07) is 8.38. The van der Waals surface area contributed by atoms with Gasteiger partial charge in [0.15, 0.2) is 5.96 Å². The van der Waals surface area contributed by atoms with Crippen molar-refractivity contribution in [2.75, 3.05) is 26.2 Å². The summed E-state index contributed by atoms with van der Waals surface area (Å²) >= 11 is 0. The quantitative estimate of drug-likeness (QED) is 0.228. The molecule has 1 amide bonds. The molecule has 1 saturated heterocycles. The van der Waals surface area contributed by atoms with E-state index >= 15 is 0 Å². The number of rotatable bonds is 9. The Labute approximate surface area is 192 Å². The van der Waals surface area contributed by atoms with Crippen LogP contribution in [-0.4, -0.2) is 48.5 Å². The van der Waals surface area contributed by atoms with Crippen LogP contribution >= 0.6 is 24.0 Å². The molecule has 0 aliphatic carbocycles. The summed E-state index contributed by atoms with van der Waals surface area (Å²) in [6.07, 6.45) is 2.63. The fourth-order valence-electron chi connectivity index (χ4n) is 3.05. The van der Waals surface area contributed by atoms with Gasteiger partial charge in [-0.05, 0) is 51.7 Å². The molecule has 29 heavy (non-hydrogen) atoms. The molecule has 0 saturated carbocycles. The summed E-state index contributed by atoms with van der Waals surface area (Å²) in [6.45, 7) is 12.8. The van der Waals surface area contributed by atoms with Gasteiger partial charge in [-0.2, -0.15) is 0 Å². The average Bonchev–Trinajstić information content (AvgIpc) is 3.06. The first-order chi connectivity index (χ1) is 13.4. The summed E-state index contributed by atoms with van der Waals surface area (Å²) < 4.78 is 5.86. The van der Waals surface area contributed by atoms with Crippen LogP contribution in [0.4, 0.5) is 0 Å². The Bertz CT molecular complexity index is 658. The van der Waals surface area contributed by atoms with E-state index in [0.717, 1.165) is 56.1 Å². The van der Waals surface area contributed by atoms with Crippen molar-refractivity contribution < 1.29 is 9.53 Å². The van der Waals surface area contributed by atoms with Crippen LogP contribution in [0.2, 0.25) is 0 Å². The van der Waals surface area contributed by atoms with Crippen LogP contribution in [0.15, 0.2) is 29.3 Å². The van der Waals surface area contributed by atoms with Crippen LogP contribution in [0.1, 0.15) is 58.1 Å². The van der Waals surface area contributed by atoms with Crippen molar-refractivity contribution in [1.29, 1.82) is 0 Å². The van der Waals surface area contributed by atoms with Crippen molar-refractivity contribution in [3.8, 4) is 0 Å². The van der Waals surface area contributed by atoms with Crippen molar-refractivity contribution in [1.82, 2.24) is 15.5 Å². The molecule has 1 aromatic rings. The summed E-state index contributed by atoms with van der Waals surface area (Å²) in [7, 11) is 0. The van der Waals surface area contributed by atoms with Gasteiger partial charge in [0, 0.05) is 32.6 Å². The van der Waals surface area contributed by atoms with Gasteiger partial charge in [0.25, 0.3) is 0 Å². The van der Waals surface area contributed by atoms with Gasteiger partial charge < -0.3 is 20.3 Å². The maximum Gasteiger partial charge on any atom is 0.222 e. The Morgan fingerprint density at radius 1 is 1.24 bits per heavy atom. The summed E-state index contributed by atoms with van der Waals surface area (Å²) in [5.41, 5.74) is 2.18. The van der Waals surface area contributed by atoms with Crippen molar-refractivity contribution in [3.05, 3.63) is 35.4 Å². The zero-order valence-corrected chi connectivity index (χ0v) is 20.6. The normalized spacial score (nSPS) is 14.7. The number of benzene rings is 1. The first-order valence-electron chi connectivity index (χ1n) is 10.4. The minimum Gasteiger partial charge on any atom is -0.371 e. The fourth-order valence-corrected chi connectivity index (χ4v) is 3.05. The molecule has 1 heterocycles. The van der Waals surface area contributed by atoms with Gasteiger partial charge in [0.2, 0.25) is 5.91 Å². The highest BCUT2D eigenvalue weighted by atomic mass is 127. The van der Waals surface area contributed by atoms with Crippen LogP contribution in [0.25, 0.3) is 0 Å². The number of nitrogens with one attached hydrogen (secondary N) is 2.